The van der Waals surface area contributed by atoms with Crippen molar-refractivity contribution in [1.82, 2.24) is 10.3 Å². The largest absolute Gasteiger partial charge is 0.383 e. The second-order valence-corrected chi connectivity index (χ2v) is 7.20. The molecule has 0 spiro atoms. The number of pyridine rings is 1. The van der Waals surface area contributed by atoms with Crippen LogP contribution in [-0.4, -0.2) is 55.2 Å². The van der Waals surface area contributed by atoms with Crippen molar-refractivity contribution in [2.45, 2.75) is 13.0 Å². The van der Waals surface area contributed by atoms with E-state index in [-0.39, 0.29) is 11.9 Å². The van der Waals surface area contributed by atoms with Crippen LogP contribution in [-0.2, 0) is 4.74 Å². The quantitative estimate of drug-likeness (QED) is 0.903. The van der Waals surface area contributed by atoms with Gasteiger partial charge in [0.2, 0.25) is 0 Å². The molecule has 3 rings (SSSR count). The Morgan fingerprint density at radius 2 is 2.12 bits per heavy atom. The molecule has 128 valence electrons. The summed E-state index contributed by atoms with van der Waals surface area (Å²) >= 11 is 1.96. The fraction of sp³-hybridized carbons (Fsp3) is 0.444. The van der Waals surface area contributed by atoms with Gasteiger partial charge in [-0.25, -0.2) is 4.98 Å². The van der Waals surface area contributed by atoms with Gasteiger partial charge in [0.15, 0.2) is 0 Å². The average Bonchev–Trinajstić information content (AvgIpc) is 2.61. The molecule has 5 nitrogen and oxygen atoms in total. The van der Waals surface area contributed by atoms with Crippen LogP contribution in [0.2, 0.25) is 0 Å². The minimum Gasteiger partial charge on any atom is -0.383 e. The van der Waals surface area contributed by atoms with Gasteiger partial charge in [0, 0.05) is 43.1 Å². The summed E-state index contributed by atoms with van der Waals surface area (Å²) in [6.45, 7) is 4.37. The van der Waals surface area contributed by atoms with Crippen LogP contribution in [0.1, 0.15) is 17.3 Å². The molecule has 1 aromatic heterocycles. The number of para-hydroxylation sites is 1. The fourth-order valence-electron chi connectivity index (χ4n) is 2.90. The molecule has 1 aliphatic heterocycles. The lowest BCUT2D eigenvalue weighted by Gasteiger charge is -2.28. The molecule has 1 aliphatic rings. The second kappa shape index (κ2) is 7.85. The smallest absolute Gasteiger partial charge is 0.252 e. The summed E-state index contributed by atoms with van der Waals surface area (Å²) in [4.78, 5) is 19.8. The number of amides is 1. The molecule has 1 N–H and O–H groups in total. The van der Waals surface area contributed by atoms with Crippen molar-refractivity contribution < 1.29 is 9.53 Å². The number of carbonyl (C=O) groups is 1. The van der Waals surface area contributed by atoms with Crippen LogP contribution in [0, 0.1) is 0 Å². The molecule has 1 saturated heterocycles. The van der Waals surface area contributed by atoms with Crippen molar-refractivity contribution in [2.24, 2.45) is 0 Å². The molecular weight excluding hydrogens is 322 g/mol. The Kier molecular flexibility index (Phi) is 5.58. The number of thioether (sulfide) groups is 1. The summed E-state index contributed by atoms with van der Waals surface area (Å²) in [5.41, 5.74) is 1.54. The van der Waals surface area contributed by atoms with E-state index < -0.39 is 0 Å². The SMILES string of the molecule is COCC(C)NC(=O)c1cc(N2CCSCC2)nc2ccccc12. The topological polar surface area (TPSA) is 54.5 Å². The molecule has 1 aromatic carbocycles. The van der Waals surface area contributed by atoms with E-state index in [1.54, 1.807) is 7.11 Å². The normalized spacial score (nSPS) is 16.2. The number of rotatable bonds is 5. The first-order valence-corrected chi connectivity index (χ1v) is 9.37. The minimum absolute atomic E-state index is 0.0377. The molecule has 2 aromatic rings. The van der Waals surface area contributed by atoms with Gasteiger partial charge >= 0.3 is 0 Å². The van der Waals surface area contributed by atoms with Crippen molar-refractivity contribution in [3.8, 4) is 0 Å². The summed E-state index contributed by atoms with van der Waals surface area (Å²) in [7, 11) is 1.64. The summed E-state index contributed by atoms with van der Waals surface area (Å²) in [5, 5.41) is 3.89. The van der Waals surface area contributed by atoms with Crippen molar-refractivity contribution >= 4 is 34.4 Å². The molecule has 0 saturated carbocycles. The van der Waals surface area contributed by atoms with Crippen LogP contribution in [0.5, 0.6) is 0 Å². The molecule has 1 unspecified atom stereocenters. The highest BCUT2D eigenvalue weighted by Gasteiger charge is 2.18. The zero-order valence-corrected chi connectivity index (χ0v) is 14.9. The molecule has 6 heteroatoms. The summed E-state index contributed by atoms with van der Waals surface area (Å²) in [6, 6.07) is 9.70. The lowest BCUT2D eigenvalue weighted by Crippen LogP contribution is -2.36. The van der Waals surface area contributed by atoms with E-state index in [0.29, 0.717) is 12.2 Å². The molecule has 2 heterocycles. The van der Waals surface area contributed by atoms with E-state index in [9.17, 15) is 4.79 Å². The first-order chi connectivity index (χ1) is 11.7. The third kappa shape index (κ3) is 3.82. The van der Waals surface area contributed by atoms with Gasteiger partial charge in [0.25, 0.3) is 5.91 Å². The number of methoxy groups -OCH3 is 1. The maximum absolute atomic E-state index is 12.8. The number of fused-ring (bicyclic) bond motifs is 1. The number of benzene rings is 1. The molecule has 24 heavy (non-hydrogen) atoms. The third-order valence-electron chi connectivity index (χ3n) is 4.08. The number of ether oxygens (including phenoxy) is 1. The van der Waals surface area contributed by atoms with Crippen molar-refractivity contribution in [3.63, 3.8) is 0 Å². The number of hydrogen-bond donors (Lipinski definition) is 1. The number of carbonyl (C=O) groups excluding carboxylic acids is 1. The Morgan fingerprint density at radius 3 is 2.88 bits per heavy atom. The van der Waals surface area contributed by atoms with Crippen molar-refractivity contribution in [2.75, 3.05) is 43.2 Å². The minimum atomic E-state index is -0.0780. The predicted molar refractivity (Wildman–Crippen MR) is 100 cm³/mol. The number of anilines is 1. The Labute approximate surface area is 146 Å². The van der Waals surface area contributed by atoms with E-state index in [0.717, 1.165) is 41.3 Å². The first-order valence-electron chi connectivity index (χ1n) is 8.21. The maximum Gasteiger partial charge on any atom is 0.252 e. The van der Waals surface area contributed by atoms with Gasteiger partial charge in [-0.05, 0) is 19.1 Å². The first kappa shape index (κ1) is 17.0. The number of nitrogens with one attached hydrogen (secondary N) is 1. The Hall–Kier alpha value is -1.79. The van der Waals surface area contributed by atoms with Gasteiger partial charge in [0.1, 0.15) is 5.82 Å². The third-order valence-corrected chi connectivity index (χ3v) is 5.02. The fourth-order valence-corrected chi connectivity index (χ4v) is 3.80. The molecular formula is C18H23N3O2S. The number of nitrogens with zero attached hydrogens (tertiary/aromatic N) is 2. The van der Waals surface area contributed by atoms with E-state index in [4.69, 9.17) is 9.72 Å². The predicted octanol–water partition coefficient (Wildman–Crippen LogP) is 2.55. The number of aromatic nitrogens is 1. The second-order valence-electron chi connectivity index (χ2n) is 5.97. The van der Waals surface area contributed by atoms with Gasteiger partial charge < -0.3 is 15.0 Å². The Balaban J connectivity index is 1.96. The Bertz CT molecular complexity index is 716. The van der Waals surface area contributed by atoms with Crippen LogP contribution < -0.4 is 10.2 Å². The van der Waals surface area contributed by atoms with E-state index in [1.165, 1.54) is 0 Å². The lowest BCUT2D eigenvalue weighted by atomic mass is 10.1. The molecule has 0 radical (unpaired) electrons. The maximum atomic E-state index is 12.8. The highest BCUT2D eigenvalue weighted by molar-refractivity contribution is 7.99. The van der Waals surface area contributed by atoms with Crippen LogP contribution in [0.4, 0.5) is 5.82 Å². The monoisotopic (exact) mass is 345 g/mol. The molecule has 1 atom stereocenters. The lowest BCUT2D eigenvalue weighted by molar-refractivity contribution is 0.0907. The molecule has 1 fully saturated rings. The number of hydrogen-bond acceptors (Lipinski definition) is 5. The van der Waals surface area contributed by atoms with Gasteiger partial charge in [-0.3, -0.25) is 4.79 Å². The zero-order valence-electron chi connectivity index (χ0n) is 14.1. The highest BCUT2D eigenvalue weighted by Crippen LogP contribution is 2.25. The van der Waals surface area contributed by atoms with E-state index >= 15 is 0 Å². The summed E-state index contributed by atoms with van der Waals surface area (Å²) in [5.74, 6) is 3.01. The van der Waals surface area contributed by atoms with Gasteiger partial charge in [-0.1, -0.05) is 18.2 Å². The van der Waals surface area contributed by atoms with Crippen LogP contribution >= 0.6 is 11.8 Å². The van der Waals surface area contributed by atoms with Gasteiger partial charge in [-0.2, -0.15) is 11.8 Å². The van der Waals surface area contributed by atoms with E-state index in [2.05, 4.69) is 10.2 Å². The van der Waals surface area contributed by atoms with Gasteiger partial charge in [-0.15, -0.1) is 0 Å². The van der Waals surface area contributed by atoms with Gasteiger partial charge in [0.05, 0.1) is 17.7 Å². The van der Waals surface area contributed by atoms with Crippen molar-refractivity contribution in [3.05, 3.63) is 35.9 Å². The van der Waals surface area contributed by atoms with Crippen LogP contribution in [0.3, 0.4) is 0 Å². The molecule has 0 bridgehead atoms. The average molecular weight is 345 g/mol. The standard InChI is InChI=1S/C18H23N3O2S/c1-13(12-23-2)19-18(22)15-11-17(21-7-9-24-10-8-21)20-16-6-4-3-5-14(15)16/h3-6,11,13H,7-10,12H2,1-2H3,(H,19,22). The summed E-state index contributed by atoms with van der Waals surface area (Å²) < 4.78 is 5.11. The van der Waals surface area contributed by atoms with E-state index in [1.807, 2.05) is 49.0 Å². The van der Waals surface area contributed by atoms with Crippen LogP contribution in [0.25, 0.3) is 10.9 Å². The zero-order chi connectivity index (χ0) is 16.9. The van der Waals surface area contributed by atoms with Crippen molar-refractivity contribution in [1.29, 1.82) is 0 Å². The molecule has 1 amide bonds. The summed E-state index contributed by atoms with van der Waals surface area (Å²) in [6.07, 6.45) is 0. The Morgan fingerprint density at radius 1 is 1.38 bits per heavy atom. The molecule has 0 aliphatic carbocycles. The highest BCUT2D eigenvalue weighted by atomic mass is 32.2. The van der Waals surface area contributed by atoms with Crippen LogP contribution in [0.15, 0.2) is 30.3 Å².